The van der Waals surface area contributed by atoms with E-state index in [1.165, 1.54) is 0 Å². The summed E-state index contributed by atoms with van der Waals surface area (Å²) in [6.07, 6.45) is 2.15. The average Bonchev–Trinajstić information content (AvgIpc) is 3.53. The Morgan fingerprint density at radius 1 is 1.03 bits per heavy atom. The van der Waals surface area contributed by atoms with Gasteiger partial charge in [-0.05, 0) is 68.4 Å². The highest BCUT2D eigenvalue weighted by atomic mass is 16.2. The summed E-state index contributed by atoms with van der Waals surface area (Å²) in [5.74, 6) is -0.0863. The fraction of sp³-hybridized carbons (Fsp3) is 0.333. The summed E-state index contributed by atoms with van der Waals surface area (Å²) in [4.78, 5) is 39.2. The number of aromatic nitrogens is 3. The lowest BCUT2D eigenvalue weighted by atomic mass is 10.1. The third kappa shape index (κ3) is 4.66. The standard InChI is InChI=1S/C24H26N4O3/c1-15-5-4-6-19(10-15)14-27-23(30)21(22(29)25-13-18-7-8-18)26-28(24(27)31)20-11-16(2)9-17(3)12-20/h4-6,9-12,18H,7-8,13-14H2,1-3H3,(H,25,29). The highest BCUT2D eigenvalue weighted by molar-refractivity contribution is 5.91. The number of rotatable bonds is 6. The molecular formula is C24H26N4O3. The maximum atomic E-state index is 13.3. The minimum absolute atomic E-state index is 0.0650. The molecule has 1 fully saturated rings. The van der Waals surface area contributed by atoms with Crippen molar-refractivity contribution >= 4 is 5.91 Å². The fourth-order valence-electron chi connectivity index (χ4n) is 3.67. The van der Waals surface area contributed by atoms with E-state index in [1.54, 1.807) is 0 Å². The molecule has 0 saturated heterocycles. The molecule has 7 heteroatoms. The Labute approximate surface area is 180 Å². The van der Waals surface area contributed by atoms with Crippen LogP contribution in [0.4, 0.5) is 0 Å². The van der Waals surface area contributed by atoms with Gasteiger partial charge in [0.2, 0.25) is 5.69 Å². The normalized spacial score (nSPS) is 13.3. The van der Waals surface area contributed by atoms with Crippen LogP contribution in [0.3, 0.4) is 0 Å². The molecular weight excluding hydrogens is 392 g/mol. The zero-order valence-electron chi connectivity index (χ0n) is 18.0. The molecule has 3 aromatic rings. The summed E-state index contributed by atoms with van der Waals surface area (Å²) in [6, 6.07) is 13.2. The van der Waals surface area contributed by atoms with Crippen LogP contribution in [-0.4, -0.2) is 26.8 Å². The predicted octanol–water partition coefficient (Wildman–Crippen LogP) is 2.51. The van der Waals surface area contributed by atoms with Crippen LogP contribution in [0.2, 0.25) is 0 Å². The predicted molar refractivity (Wildman–Crippen MR) is 119 cm³/mol. The smallest absolute Gasteiger partial charge is 0.350 e. The second-order valence-corrected chi connectivity index (χ2v) is 8.42. The maximum Gasteiger partial charge on any atom is 0.352 e. The zero-order valence-corrected chi connectivity index (χ0v) is 18.0. The highest BCUT2D eigenvalue weighted by Crippen LogP contribution is 2.27. The van der Waals surface area contributed by atoms with E-state index < -0.39 is 17.2 Å². The van der Waals surface area contributed by atoms with Gasteiger partial charge in [0.25, 0.3) is 11.5 Å². The van der Waals surface area contributed by atoms with Crippen LogP contribution in [0, 0.1) is 26.7 Å². The van der Waals surface area contributed by atoms with E-state index in [9.17, 15) is 14.4 Å². The molecule has 31 heavy (non-hydrogen) atoms. The fourth-order valence-corrected chi connectivity index (χ4v) is 3.67. The number of nitrogens with one attached hydrogen (secondary N) is 1. The summed E-state index contributed by atoms with van der Waals surface area (Å²) in [5, 5.41) is 6.99. The number of benzene rings is 2. The van der Waals surface area contributed by atoms with E-state index in [0.717, 1.165) is 44.3 Å². The van der Waals surface area contributed by atoms with Crippen LogP contribution in [0.15, 0.2) is 52.1 Å². The van der Waals surface area contributed by atoms with Crippen molar-refractivity contribution in [2.75, 3.05) is 6.54 Å². The Hall–Kier alpha value is -3.48. The highest BCUT2D eigenvalue weighted by Gasteiger charge is 2.25. The molecule has 1 aliphatic carbocycles. The summed E-state index contributed by atoms with van der Waals surface area (Å²) in [6.45, 7) is 6.38. The maximum absolute atomic E-state index is 13.3. The van der Waals surface area contributed by atoms with Crippen molar-refractivity contribution in [3.8, 4) is 5.69 Å². The number of hydrogen-bond donors (Lipinski definition) is 1. The number of aryl methyl sites for hydroxylation is 3. The molecule has 0 atom stereocenters. The van der Waals surface area contributed by atoms with E-state index in [4.69, 9.17) is 0 Å². The number of carbonyl (C=O) groups excluding carboxylic acids is 1. The van der Waals surface area contributed by atoms with Crippen molar-refractivity contribution in [1.29, 1.82) is 0 Å². The number of amides is 1. The molecule has 1 amide bonds. The molecule has 1 N–H and O–H groups in total. The summed E-state index contributed by atoms with van der Waals surface area (Å²) < 4.78 is 2.24. The molecule has 7 nitrogen and oxygen atoms in total. The van der Waals surface area contributed by atoms with Crippen molar-refractivity contribution in [2.45, 2.75) is 40.2 Å². The van der Waals surface area contributed by atoms with Crippen molar-refractivity contribution < 1.29 is 4.79 Å². The van der Waals surface area contributed by atoms with Crippen LogP contribution < -0.4 is 16.6 Å². The van der Waals surface area contributed by atoms with Crippen LogP contribution in [0.25, 0.3) is 5.69 Å². The average molecular weight is 418 g/mol. The summed E-state index contributed by atoms with van der Waals surface area (Å²) in [5.41, 5.74) is 2.75. The van der Waals surface area contributed by atoms with Crippen molar-refractivity contribution in [3.05, 3.63) is 91.3 Å². The number of carbonyl (C=O) groups is 1. The second-order valence-electron chi connectivity index (χ2n) is 8.42. The van der Waals surface area contributed by atoms with Crippen LogP contribution >= 0.6 is 0 Å². The van der Waals surface area contributed by atoms with Gasteiger partial charge in [0.05, 0.1) is 12.2 Å². The van der Waals surface area contributed by atoms with E-state index in [0.29, 0.717) is 18.2 Å². The molecule has 0 radical (unpaired) electrons. The Balaban J connectivity index is 1.85. The van der Waals surface area contributed by atoms with Gasteiger partial charge in [-0.2, -0.15) is 9.78 Å². The number of nitrogens with zero attached hydrogens (tertiary/aromatic N) is 3. The third-order valence-corrected chi connectivity index (χ3v) is 5.40. The minimum atomic E-state index is -0.680. The first-order chi connectivity index (χ1) is 14.8. The summed E-state index contributed by atoms with van der Waals surface area (Å²) in [7, 11) is 0. The molecule has 0 spiro atoms. The quantitative estimate of drug-likeness (QED) is 0.667. The molecule has 1 saturated carbocycles. The molecule has 0 unspecified atom stereocenters. The van der Waals surface area contributed by atoms with Gasteiger partial charge in [0.1, 0.15) is 0 Å². The van der Waals surface area contributed by atoms with E-state index in [-0.39, 0.29) is 12.2 Å². The minimum Gasteiger partial charge on any atom is -0.350 e. The largest absolute Gasteiger partial charge is 0.352 e. The van der Waals surface area contributed by atoms with Crippen LogP contribution in [0.1, 0.15) is 45.6 Å². The first kappa shape index (κ1) is 20.8. The zero-order chi connectivity index (χ0) is 22.1. The van der Waals surface area contributed by atoms with Gasteiger partial charge in [0, 0.05) is 6.54 Å². The first-order valence-corrected chi connectivity index (χ1v) is 10.5. The lowest BCUT2D eigenvalue weighted by molar-refractivity contribution is 0.0942. The molecule has 0 bridgehead atoms. The Morgan fingerprint density at radius 3 is 2.39 bits per heavy atom. The van der Waals surface area contributed by atoms with Crippen LogP contribution in [-0.2, 0) is 6.54 Å². The molecule has 160 valence electrons. The molecule has 0 aliphatic heterocycles. The topological polar surface area (TPSA) is 86.0 Å². The Kier molecular flexibility index (Phi) is 5.59. The molecule has 2 aromatic carbocycles. The Bertz CT molecular complexity index is 1250. The van der Waals surface area contributed by atoms with Gasteiger partial charge < -0.3 is 5.32 Å². The van der Waals surface area contributed by atoms with Gasteiger partial charge in [-0.1, -0.05) is 35.9 Å². The molecule has 1 heterocycles. The summed E-state index contributed by atoms with van der Waals surface area (Å²) >= 11 is 0. The second kappa shape index (κ2) is 8.34. The van der Waals surface area contributed by atoms with E-state index >= 15 is 0 Å². The number of hydrogen-bond acceptors (Lipinski definition) is 4. The van der Waals surface area contributed by atoms with Gasteiger partial charge in [-0.25, -0.2) is 4.79 Å². The Morgan fingerprint density at radius 2 is 1.74 bits per heavy atom. The van der Waals surface area contributed by atoms with Crippen LogP contribution in [0.5, 0.6) is 0 Å². The van der Waals surface area contributed by atoms with Gasteiger partial charge in [0.15, 0.2) is 0 Å². The van der Waals surface area contributed by atoms with Crippen molar-refractivity contribution in [2.24, 2.45) is 5.92 Å². The SMILES string of the molecule is Cc1cccc(Cn2c(=O)c(C(=O)NCC3CC3)nn(-c3cc(C)cc(C)c3)c2=O)c1. The van der Waals surface area contributed by atoms with Gasteiger partial charge >= 0.3 is 5.69 Å². The third-order valence-electron chi connectivity index (χ3n) is 5.40. The first-order valence-electron chi connectivity index (χ1n) is 10.5. The molecule has 1 aromatic heterocycles. The van der Waals surface area contributed by atoms with E-state index in [1.807, 2.05) is 63.2 Å². The van der Waals surface area contributed by atoms with Crippen molar-refractivity contribution in [1.82, 2.24) is 19.7 Å². The molecule has 4 rings (SSSR count). The van der Waals surface area contributed by atoms with Gasteiger partial charge in [-0.3, -0.25) is 14.2 Å². The van der Waals surface area contributed by atoms with Gasteiger partial charge in [-0.15, -0.1) is 0 Å². The van der Waals surface area contributed by atoms with Crippen molar-refractivity contribution in [3.63, 3.8) is 0 Å². The molecule has 1 aliphatic rings. The lowest BCUT2D eigenvalue weighted by Crippen LogP contribution is -2.46. The van der Waals surface area contributed by atoms with E-state index in [2.05, 4.69) is 10.4 Å². The lowest BCUT2D eigenvalue weighted by Gasteiger charge is -2.13. The monoisotopic (exact) mass is 418 g/mol.